The highest BCUT2D eigenvalue weighted by Crippen LogP contribution is 2.41. The molecule has 1 aromatic heterocycles. The van der Waals surface area contributed by atoms with Crippen molar-refractivity contribution in [1.82, 2.24) is 4.98 Å². The summed E-state index contributed by atoms with van der Waals surface area (Å²) < 4.78 is 43.9. The first-order valence-electron chi connectivity index (χ1n) is 9.49. The molecule has 1 N–H and O–H groups in total. The molecule has 166 valence electrons. The predicted molar refractivity (Wildman–Crippen MR) is 116 cm³/mol. The highest BCUT2D eigenvalue weighted by Gasteiger charge is 2.37. The lowest BCUT2D eigenvalue weighted by molar-refractivity contribution is -0.139. The molecule has 0 saturated carbocycles. The minimum absolute atomic E-state index is 0.259. The number of aromatic nitrogens is 1. The standard InChI is InChI=1S/C22H22F3NO3S2/c1-13-10-16(4-5-17(13)29-11-19(27)28)30-12-18-14(2)26-20(31-18)21(3)8-6-15(7-9-21)22(23,24)25/h4-8,10H,9,11-12H2,1-3H3,(H,27,28). The van der Waals surface area contributed by atoms with Crippen LogP contribution < -0.4 is 4.74 Å². The van der Waals surface area contributed by atoms with Crippen molar-refractivity contribution in [2.45, 2.75) is 49.4 Å². The molecule has 0 spiro atoms. The Balaban J connectivity index is 1.67. The zero-order chi connectivity index (χ0) is 22.8. The maximum Gasteiger partial charge on any atom is 0.416 e. The number of rotatable bonds is 7. The lowest BCUT2D eigenvalue weighted by atomic mass is 9.82. The van der Waals surface area contributed by atoms with Crippen molar-refractivity contribution in [2.24, 2.45) is 0 Å². The molecule has 0 bridgehead atoms. The van der Waals surface area contributed by atoms with Crippen LogP contribution in [-0.2, 0) is 16.0 Å². The van der Waals surface area contributed by atoms with Gasteiger partial charge in [0.1, 0.15) is 10.8 Å². The van der Waals surface area contributed by atoms with Crippen LogP contribution in [0.5, 0.6) is 5.75 Å². The second-order valence-electron chi connectivity index (χ2n) is 7.54. The molecule has 1 aliphatic carbocycles. The van der Waals surface area contributed by atoms with E-state index in [1.165, 1.54) is 17.4 Å². The Hall–Kier alpha value is -2.26. The number of aliphatic carboxylic acids is 1. The van der Waals surface area contributed by atoms with E-state index in [0.717, 1.165) is 32.1 Å². The molecule has 3 rings (SSSR count). The van der Waals surface area contributed by atoms with Gasteiger partial charge in [-0.3, -0.25) is 0 Å². The Kier molecular flexibility index (Phi) is 6.85. The zero-order valence-corrected chi connectivity index (χ0v) is 18.9. The van der Waals surface area contributed by atoms with E-state index in [9.17, 15) is 18.0 Å². The number of allylic oxidation sites excluding steroid dienone is 4. The van der Waals surface area contributed by atoms with Crippen LogP contribution in [0.1, 0.15) is 34.5 Å². The normalized spacial score (nSPS) is 18.7. The molecule has 1 heterocycles. The number of hydrogen-bond donors (Lipinski definition) is 1. The number of carboxylic acid groups (broad SMARTS) is 1. The summed E-state index contributed by atoms with van der Waals surface area (Å²) in [4.78, 5) is 17.4. The molecule has 9 heteroatoms. The number of aryl methyl sites for hydroxylation is 2. The number of nitrogens with zero attached hydrogens (tertiary/aromatic N) is 1. The molecule has 0 amide bonds. The number of thiazole rings is 1. The Labute approximate surface area is 186 Å². The van der Waals surface area contributed by atoms with Crippen LogP contribution in [0, 0.1) is 13.8 Å². The van der Waals surface area contributed by atoms with Gasteiger partial charge in [-0.15, -0.1) is 23.1 Å². The minimum Gasteiger partial charge on any atom is -0.482 e. The Morgan fingerprint density at radius 1 is 1.35 bits per heavy atom. The summed E-state index contributed by atoms with van der Waals surface area (Å²) in [5.74, 6) is 0.189. The fourth-order valence-electron chi connectivity index (χ4n) is 3.07. The number of hydrogen-bond acceptors (Lipinski definition) is 5. The van der Waals surface area contributed by atoms with Gasteiger partial charge in [0.25, 0.3) is 0 Å². The number of alkyl halides is 3. The number of thioether (sulfide) groups is 1. The molecule has 1 atom stereocenters. The van der Waals surface area contributed by atoms with Crippen LogP contribution in [0.2, 0.25) is 0 Å². The predicted octanol–water partition coefficient (Wildman–Crippen LogP) is 6.22. The fraction of sp³-hybridized carbons (Fsp3) is 0.364. The van der Waals surface area contributed by atoms with Gasteiger partial charge in [0.05, 0.1) is 11.3 Å². The summed E-state index contributed by atoms with van der Waals surface area (Å²) in [6, 6.07) is 5.57. The van der Waals surface area contributed by atoms with Crippen molar-refractivity contribution in [1.29, 1.82) is 0 Å². The third-order valence-electron chi connectivity index (χ3n) is 4.95. The Morgan fingerprint density at radius 2 is 2.10 bits per heavy atom. The van der Waals surface area contributed by atoms with Crippen molar-refractivity contribution in [2.75, 3.05) is 6.61 Å². The number of carboxylic acids is 1. The van der Waals surface area contributed by atoms with E-state index in [1.807, 2.05) is 32.9 Å². The van der Waals surface area contributed by atoms with Gasteiger partial charge in [-0.2, -0.15) is 13.2 Å². The number of halogens is 3. The second kappa shape index (κ2) is 9.08. The summed E-state index contributed by atoms with van der Waals surface area (Å²) in [7, 11) is 0. The average Bonchev–Trinajstić information content (AvgIpc) is 3.06. The number of benzene rings is 1. The van der Waals surface area contributed by atoms with E-state index >= 15 is 0 Å². The van der Waals surface area contributed by atoms with E-state index < -0.39 is 23.1 Å². The quantitative estimate of drug-likeness (QED) is 0.488. The summed E-state index contributed by atoms with van der Waals surface area (Å²) in [5, 5.41) is 9.54. The lowest BCUT2D eigenvalue weighted by Crippen LogP contribution is -2.23. The highest BCUT2D eigenvalue weighted by molar-refractivity contribution is 7.98. The first-order chi connectivity index (χ1) is 14.5. The molecular weight excluding hydrogens is 447 g/mol. The molecular formula is C22H22F3NO3S2. The van der Waals surface area contributed by atoms with Crippen LogP contribution in [0.3, 0.4) is 0 Å². The van der Waals surface area contributed by atoms with Gasteiger partial charge in [-0.1, -0.05) is 18.2 Å². The molecule has 1 aromatic carbocycles. The summed E-state index contributed by atoms with van der Waals surface area (Å²) in [5.41, 5.74) is 0.568. The van der Waals surface area contributed by atoms with E-state index in [1.54, 1.807) is 23.9 Å². The van der Waals surface area contributed by atoms with Crippen molar-refractivity contribution >= 4 is 29.1 Å². The van der Waals surface area contributed by atoms with Gasteiger partial charge in [0.15, 0.2) is 6.61 Å². The van der Waals surface area contributed by atoms with Crippen LogP contribution in [0.4, 0.5) is 13.2 Å². The van der Waals surface area contributed by atoms with Gasteiger partial charge < -0.3 is 9.84 Å². The molecule has 4 nitrogen and oxygen atoms in total. The summed E-state index contributed by atoms with van der Waals surface area (Å²) in [6.07, 6.45) is -0.0861. The molecule has 1 aliphatic rings. The Bertz CT molecular complexity index is 1040. The van der Waals surface area contributed by atoms with E-state index in [-0.39, 0.29) is 13.0 Å². The van der Waals surface area contributed by atoms with Gasteiger partial charge in [0, 0.05) is 20.9 Å². The zero-order valence-electron chi connectivity index (χ0n) is 17.2. The van der Waals surface area contributed by atoms with Crippen LogP contribution >= 0.6 is 23.1 Å². The molecule has 2 aromatic rings. The average molecular weight is 470 g/mol. The second-order valence-corrected chi connectivity index (χ2v) is 9.67. The van der Waals surface area contributed by atoms with Crippen LogP contribution in [0.25, 0.3) is 0 Å². The van der Waals surface area contributed by atoms with Gasteiger partial charge in [-0.25, -0.2) is 9.78 Å². The van der Waals surface area contributed by atoms with Crippen molar-refractivity contribution < 1.29 is 27.8 Å². The van der Waals surface area contributed by atoms with Gasteiger partial charge >= 0.3 is 12.1 Å². The van der Waals surface area contributed by atoms with Crippen LogP contribution in [-0.4, -0.2) is 28.8 Å². The molecule has 0 saturated heterocycles. The van der Waals surface area contributed by atoms with Gasteiger partial charge in [0.2, 0.25) is 0 Å². The fourth-order valence-corrected chi connectivity index (χ4v) is 5.41. The van der Waals surface area contributed by atoms with E-state index in [4.69, 9.17) is 9.84 Å². The molecule has 0 fully saturated rings. The maximum absolute atomic E-state index is 12.9. The van der Waals surface area contributed by atoms with Crippen molar-refractivity contribution in [3.8, 4) is 5.75 Å². The lowest BCUT2D eigenvalue weighted by Gasteiger charge is -2.26. The molecule has 1 unspecified atom stereocenters. The first-order valence-corrected chi connectivity index (χ1v) is 11.3. The number of ether oxygens (including phenoxy) is 1. The third kappa shape index (κ3) is 5.71. The summed E-state index contributed by atoms with van der Waals surface area (Å²) >= 11 is 3.15. The van der Waals surface area contributed by atoms with E-state index in [0.29, 0.717) is 11.5 Å². The van der Waals surface area contributed by atoms with Crippen molar-refractivity contribution in [3.63, 3.8) is 0 Å². The van der Waals surface area contributed by atoms with Crippen molar-refractivity contribution in [3.05, 3.63) is 63.1 Å². The topological polar surface area (TPSA) is 59.4 Å². The third-order valence-corrected chi connectivity index (χ3v) is 7.59. The number of carbonyl (C=O) groups is 1. The molecule has 31 heavy (non-hydrogen) atoms. The molecule has 0 aliphatic heterocycles. The monoisotopic (exact) mass is 469 g/mol. The first kappa shape index (κ1) is 23.4. The summed E-state index contributed by atoms with van der Waals surface area (Å²) in [6.45, 7) is 5.29. The Morgan fingerprint density at radius 3 is 2.68 bits per heavy atom. The van der Waals surface area contributed by atoms with Crippen LogP contribution in [0.15, 0.2) is 46.9 Å². The maximum atomic E-state index is 12.9. The largest absolute Gasteiger partial charge is 0.482 e. The smallest absolute Gasteiger partial charge is 0.416 e. The van der Waals surface area contributed by atoms with Gasteiger partial charge in [-0.05, 0) is 51.0 Å². The van der Waals surface area contributed by atoms with E-state index in [2.05, 4.69) is 4.98 Å². The SMILES string of the molecule is Cc1cc(SCc2sc(C3(C)C=CC(C(F)(F)F)=CC3)nc2C)ccc1OCC(=O)O. The molecule has 0 radical (unpaired) electrons. The minimum atomic E-state index is -4.33. The highest BCUT2D eigenvalue weighted by atomic mass is 32.2.